The predicted molar refractivity (Wildman–Crippen MR) is 106 cm³/mol. The number of alkyl halides is 3. The third kappa shape index (κ3) is 5.56. The van der Waals surface area contributed by atoms with E-state index in [9.17, 15) is 18.0 Å². The third-order valence-corrected chi connectivity index (χ3v) is 5.41. The molecule has 2 heterocycles. The van der Waals surface area contributed by atoms with Gasteiger partial charge in [-0.2, -0.15) is 13.2 Å². The summed E-state index contributed by atoms with van der Waals surface area (Å²) in [5.74, 6) is -0.412. The van der Waals surface area contributed by atoms with Crippen molar-refractivity contribution in [3.63, 3.8) is 0 Å². The molecule has 0 radical (unpaired) electrons. The van der Waals surface area contributed by atoms with Gasteiger partial charge < -0.3 is 14.8 Å². The fourth-order valence-corrected chi connectivity index (χ4v) is 3.95. The molecule has 3 rings (SSSR count). The summed E-state index contributed by atoms with van der Waals surface area (Å²) in [4.78, 5) is 17.0. The molecule has 0 saturated carbocycles. The highest BCUT2D eigenvalue weighted by Crippen LogP contribution is 2.40. The summed E-state index contributed by atoms with van der Waals surface area (Å²) in [5, 5.41) is 3.72. The Hall–Kier alpha value is -2.03. The molecule has 1 aromatic heterocycles. The second kappa shape index (κ2) is 9.41. The van der Waals surface area contributed by atoms with Crippen molar-refractivity contribution in [2.75, 3.05) is 19.8 Å². The molecule has 10 heteroatoms. The van der Waals surface area contributed by atoms with Crippen molar-refractivity contribution in [1.82, 2.24) is 10.3 Å². The van der Waals surface area contributed by atoms with Crippen LogP contribution in [0.1, 0.15) is 24.0 Å². The zero-order valence-electron chi connectivity index (χ0n) is 15.8. The molecule has 30 heavy (non-hydrogen) atoms. The molecule has 0 atom stereocenters. The number of ether oxygens (including phenoxy) is 2. The van der Waals surface area contributed by atoms with Crippen molar-refractivity contribution in [3.8, 4) is 5.88 Å². The molecule has 1 aromatic carbocycles. The number of nitrogens with one attached hydrogen (secondary N) is 1. The highest BCUT2D eigenvalue weighted by molar-refractivity contribution is 6.35. The number of amides is 1. The Bertz CT molecular complexity index is 903. The standard InChI is InChI=1S/C20H19Cl2F3N2O3/c21-14-1-2-15(16(22)10-14)19(4-7-29-8-5-19)18(28)27-11-13-3-6-26-17(9-13)30-12-20(23,24)25/h1-3,6,9-10H,4-5,7-8,11-12H2,(H,27,28). The van der Waals surface area contributed by atoms with Crippen molar-refractivity contribution < 1.29 is 27.4 Å². The van der Waals surface area contributed by atoms with E-state index in [1.165, 1.54) is 12.3 Å². The van der Waals surface area contributed by atoms with E-state index < -0.39 is 18.2 Å². The Kier molecular flexibility index (Phi) is 7.10. The van der Waals surface area contributed by atoms with Gasteiger partial charge in [0.25, 0.3) is 0 Å². The maximum Gasteiger partial charge on any atom is 0.422 e. The Morgan fingerprint density at radius 2 is 1.93 bits per heavy atom. The van der Waals surface area contributed by atoms with Gasteiger partial charge >= 0.3 is 6.18 Å². The van der Waals surface area contributed by atoms with Gasteiger partial charge in [0.15, 0.2) is 6.61 Å². The van der Waals surface area contributed by atoms with Crippen molar-refractivity contribution in [2.24, 2.45) is 0 Å². The number of rotatable bonds is 6. The number of benzene rings is 1. The van der Waals surface area contributed by atoms with E-state index in [1.54, 1.807) is 24.3 Å². The summed E-state index contributed by atoms with van der Waals surface area (Å²) in [6.45, 7) is -0.542. The molecule has 1 N–H and O–H groups in total. The topological polar surface area (TPSA) is 60.5 Å². The van der Waals surface area contributed by atoms with Crippen LogP contribution in [0, 0.1) is 0 Å². The highest BCUT2D eigenvalue weighted by Gasteiger charge is 2.43. The largest absolute Gasteiger partial charge is 0.468 e. The number of nitrogens with zero attached hydrogens (tertiary/aromatic N) is 1. The first-order valence-electron chi connectivity index (χ1n) is 9.16. The minimum absolute atomic E-state index is 0.0948. The van der Waals surface area contributed by atoms with E-state index in [0.29, 0.717) is 47.2 Å². The Labute approximate surface area is 181 Å². The van der Waals surface area contributed by atoms with Crippen LogP contribution in [0.2, 0.25) is 10.0 Å². The van der Waals surface area contributed by atoms with Crippen molar-refractivity contribution in [3.05, 3.63) is 57.7 Å². The first kappa shape index (κ1) is 22.7. The van der Waals surface area contributed by atoms with E-state index in [2.05, 4.69) is 15.0 Å². The van der Waals surface area contributed by atoms with Gasteiger partial charge in [-0.15, -0.1) is 0 Å². The predicted octanol–water partition coefficient (Wildman–Crippen LogP) is 4.69. The molecule has 2 aromatic rings. The van der Waals surface area contributed by atoms with Crippen LogP contribution in [0.25, 0.3) is 0 Å². The lowest BCUT2D eigenvalue weighted by atomic mass is 9.73. The van der Waals surface area contributed by atoms with Crippen LogP contribution >= 0.6 is 23.2 Å². The fourth-order valence-electron chi connectivity index (χ4n) is 3.36. The molecule has 1 fully saturated rings. The van der Waals surface area contributed by atoms with E-state index in [0.717, 1.165) is 0 Å². The summed E-state index contributed by atoms with van der Waals surface area (Å²) >= 11 is 12.4. The number of hydrogen-bond donors (Lipinski definition) is 1. The third-order valence-electron chi connectivity index (χ3n) is 4.86. The van der Waals surface area contributed by atoms with Crippen LogP contribution in [-0.4, -0.2) is 36.9 Å². The first-order chi connectivity index (χ1) is 14.2. The van der Waals surface area contributed by atoms with Crippen molar-refractivity contribution in [2.45, 2.75) is 31.0 Å². The molecule has 0 spiro atoms. The zero-order valence-corrected chi connectivity index (χ0v) is 17.3. The van der Waals surface area contributed by atoms with Gasteiger partial charge in [-0.1, -0.05) is 29.3 Å². The Balaban J connectivity index is 1.74. The molecular weight excluding hydrogens is 444 g/mol. The van der Waals surface area contributed by atoms with E-state index >= 15 is 0 Å². The maximum absolute atomic E-state index is 13.2. The van der Waals surface area contributed by atoms with Gasteiger partial charge in [0.05, 0.1) is 5.41 Å². The summed E-state index contributed by atoms with van der Waals surface area (Å²) in [6, 6.07) is 7.96. The second-order valence-corrected chi connectivity index (χ2v) is 7.75. The van der Waals surface area contributed by atoms with Gasteiger partial charge in [-0.05, 0) is 42.2 Å². The zero-order chi connectivity index (χ0) is 21.8. The van der Waals surface area contributed by atoms with E-state index in [1.807, 2.05) is 0 Å². The Morgan fingerprint density at radius 1 is 1.20 bits per heavy atom. The van der Waals surface area contributed by atoms with Gasteiger partial charge in [0.1, 0.15) is 0 Å². The summed E-state index contributed by atoms with van der Waals surface area (Å²) in [7, 11) is 0. The molecule has 0 unspecified atom stereocenters. The quantitative estimate of drug-likeness (QED) is 0.675. The van der Waals surface area contributed by atoms with Crippen molar-refractivity contribution in [1.29, 1.82) is 0 Å². The summed E-state index contributed by atoms with van der Waals surface area (Å²) in [5.41, 5.74) is 0.334. The van der Waals surface area contributed by atoms with E-state index in [-0.39, 0.29) is 18.3 Å². The molecule has 1 saturated heterocycles. The molecule has 0 aliphatic carbocycles. The Morgan fingerprint density at radius 3 is 2.60 bits per heavy atom. The average Bonchev–Trinajstić information content (AvgIpc) is 2.71. The molecule has 1 amide bonds. The highest BCUT2D eigenvalue weighted by atomic mass is 35.5. The minimum atomic E-state index is -4.46. The molecule has 162 valence electrons. The van der Waals surface area contributed by atoms with Crippen LogP contribution in [-0.2, 0) is 21.5 Å². The van der Waals surface area contributed by atoms with Crippen LogP contribution in [0.4, 0.5) is 13.2 Å². The smallest absolute Gasteiger partial charge is 0.422 e. The normalized spacial score (nSPS) is 16.2. The summed E-state index contributed by atoms with van der Waals surface area (Å²) in [6.07, 6.45) is -2.25. The number of carbonyl (C=O) groups is 1. The second-order valence-electron chi connectivity index (χ2n) is 6.91. The SMILES string of the molecule is O=C(NCc1ccnc(OCC(F)(F)F)c1)C1(c2ccc(Cl)cc2Cl)CCOCC1. The molecule has 1 aliphatic heterocycles. The van der Waals surface area contributed by atoms with Gasteiger partial charge in [0, 0.05) is 42.1 Å². The number of halogens is 5. The van der Waals surface area contributed by atoms with Crippen molar-refractivity contribution >= 4 is 29.1 Å². The first-order valence-corrected chi connectivity index (χ1v) is 9.91. The van der Waals surface area contributed by atoms with Crippen LogP contribution in [0.5, 0.6) is 5.88 Å². The monoisotopic (exact) mass is 462 g/mol. The fraction of sp³-hybridized carbons (Fsp3) is 0.400. The number of carbonyl (C=O) groups excluding carboxylic acids is 1. The van der Waals surface area contributed by atoms with Gasteiger partial charge in [-0.25, -0.2) is 4.98 Å². The van der Waals surface area contributed by atoms with Gasteiger partial charge in [0.2, 0.25) is 11.8 Å². The number of pyridine rings is 1. The molecule has 5 nitrogen and oxygen atoms in total. The molecule has 0 bridgehead atoms. The number of hydrogen-bond acceptors (Lipinski definition) is 4. The average molecular weight is 463 g/mol. The van der Waals surface area contributed by atoms with Crippen LogP contribution in [0.15, 0.2) is 36.5 Å². The van der Waals surface area contributed by atoms with Crippen LogP contribution in [0.3, 0.4) is 0 Å². The lowest BCUT2D eigenvalue weighted by Crippen LogP contribution is -2.48. The molecular formula is C20H19Cl2F3N2O3. The van der Waals surface area contributed by atoms with Gasteiger partial charge in [-0.3, -0.25) is 4.79 Å². The maximum atomic E-state index is 13.2. The summed E-state index contributed by atoms with van der Waals surface area (Å²) < 4.78 is 47.1. The van der Waals surface area contributed by atoms with Crippen LogP contribution < -0.4 is 10.1 Å². The molecule has 1 aliphatic rings. The van der Waals surface area contributed by atoms with E-state index in [4.69, 9.17) is 27.9 Å². The minimum Gasteiger partial charge on any atom is -0.468 e. The number of aromatic nitrogens is 1. The lowest BCUT2D eigenvalue weighted by molar-refractivity contribution is -0.154. The lowest BCUT2D eigenvalue weighted by Gasteiger charge is -2.37.